The van der Waals surface area contributed by atoms with Gasteiger partial charge in [-0.3, -0.25) is 0 Å². The molecule has 2 rings (SSSR count). The monoisotopic (exact) mass is 194 g/mol. The maximum atomic E-state index is 5.58. The zero-order valence-corrected chi connectivity index (χ0v) is 8.87. The maximum Gasteiger partial charge on any atom is 0.531 e. The second-order valence-corrected chi connectivity index (χ2v) is 4.57. The molecule has 0 aromatic carbocycles. The van der Waals surface area contributed by atoms with Crippen molar-refractivity contribution in [1.29, 1.82) is 0 Å². The smallest absolute Gasteiger partial charge is 0.470 e. The van der Waals surface area contributed by atoms with Gasteiger partial charge in [-0.2, -0.15) is 0 Å². The predicted molar refractivity (Wildman–Crippen MR) is 54.5 cm³/mol. The average Bonchev–Trinajstić information content (AvgIpc) is 2.52. The van der Waals surface area contributed by atoms with Gasteiger partial charge >= 0.3 is 7.12 Å². The molecule has 0 bridgehead atoms. The van der Waals surface area contributed by atoms with E-state index in [0.29, 0.717) is 13.2 Å². The Bertz CT molecular complexity index is 309. The van der Waals surface area contributed by atoms with Crippen LogP contribution in [0.5, 0.6) is 0 Å². The van der Waals surface area contributed by atoms with Crippen LogP contribution in [0.4, 0.5) is 0 Å². The molecular weight excluding hydrogens is 179 g/mol. The summed E-state index contributed by atoms with van der Waals surface area (Å²) < 4.78 is 16.6. The summed E-state index contributed by atoms with van der Waals surface area (Å²) in [6, 6.07) is 3.82. The molecule has 1 aliphatic heterocycles. The van der Waals surface area contributed by atoms with Crippen molar-refractivity contribution in [2.24, 2.45) is 5.41 Å². The molecular formula is C10H15BO3. The van der Waals surface area contributed by atoms with Gasteiger partial charge in [-0.1, -0.05) is 13.8 Å². The minimum absolute atomic E-state index is 0.109. The van der Waals surface area contributed by atoms with Gasteiger partial charge < -0.3 is 13.7 Å². The van der Waals surface area contributed by atoms with Crippen molar-refractivity contribution in [3.05, 3.63) is 17.9 Å². The first-order valence-electron chi connectivity index (χ1n) is 4.86. The summed E-state index contributed by atoms with van der Waals surface area (Å²) in [5.74, 6) is 0.886. The van der Waals surface area contributed by atoms with Crippen molar-refractivity contribution in [1.82, 2.24) is 0 Å². The van der Waals surface area contributed by atoms with Crippen molar-refractivity contribution in [2.75, 3.05) is 13.2 Å². The van der Waals surface area contributed by atoms with E-state index in [1.165, 1.54) is 0 Å². The van der Waals surface area contributed by atoms with E-state index in [1.807, 2.05) is 19.1 Å². The highest BCUT2D eigenvalue weighted by atomic mass is 16.6. The topological polar surface area (TPSA) is 31.6 Å². The summed E-state index contributed by atoms with van der Waals surface area (Å²) in [5.41, 5.74) is 0.871. The number of furan rings is 1. The van der Waals surface area contributed by atoms with Gasteiger partial charge in [-0.15, -0.1) is 0 Å². The van der Waals surface area contributed by atoms with Gasteiger partial charge in [0.1, 0.15) is 5.66 Å². The van der Waals surface area contributed by atoms with Gasteiger partial charge in [0.2, 0.25) is 0 Å². The first-order valence-corrected chi connectivity index (χ1v) is 4.86. The van der Waals surface area contributed by atoms with Crippen LogP contribution >= 0.6 is 0 Å². The van der Waals surface area contributed by atoms with Crippen molar-refractivity contribution < 1.29 is 13.7 Å². The second-order valence-electron chi connectivity index (χ2n) is 4.57. The zero-order valence-electron chi connectivity index (χ0n) is 8.87. The van der Waals surface area contributed by atoms with Gasteiger partial charge in [0.05, 0.1) is 5.76 Å². The van der Waals surface area contributed by atoms with E-state index in [4.69, 9.17) is 13.7 Å². The molecule has 0 saturated carbocycles. The van der Waals surface area contributed by atoms with E-state index >= 15 is 0 Å². The molecule has 1 saturated heterocycles. The molecule has 0 N–H and O–H groups in total. The molecule has 4 heteroatoms. The SMILES string of the molecule is Cc1ccc(B2OCC(C)(C)CO2)o1. The third-order valence-electron chi connectivity index (χ3n) is 2.24. The summed E-state index contributed by atoms with van der Waals surface area (Å²) >= 11 is 0. The Hall–Kier alpha value is -0.735. The normalized spacial score (nSPS) is 21.2. The molecule has 3 nitrogen and oxygen atoms in total. The lowest BCUT2D eigenvalue weighted by molar-refractivity contribution is 0.0325. The third kappa shape index (κ3) is 2.02. The van der Waals surface area contributed by atoms with E-state index in [2.05, 4.69) is 13.8 Å². The Labute approximate surface area is 84.5 Å². The standard InChI is InChI=1S/C10H15BO3/c1-8-4-5-9(14-8)11-12-6-10(2,3)7-13-11/h4-5H,6-7H2,1-3H3. The number of hydrogen-bond acceptors (Lipinski definition) is 3. The van der Waals surface area contributed by atoms with Crippen molar-refractivity contribution >= 4 is 12.8 Å². The largest absolute Gasteiger partial charge is 0.531 e. The van der Waals surface area contributed by atoms with Crippen LogP contribution in [0.2, 0.25) is 0 Å². The van der Waals surface area contributed by atoms with E-state index in [-0.39, 0.29) is 12.5 Å². The van der Waals surface area contributed by atoms with E-state index in [9.17, 15) is 0 Å². The third-order valence-corrected chi connectivity index (χ3v) is 2.24. The second kappa shape index (κ2) is 3.44. The molecule has 0 unspecified atom stereocenters. The Morgan fingerprint density at radius 1 is 1.21 bits per heavy atom. The molecule has 2 heterocycles. The van der Waals surface area contributed by atoms with Crippen LogP contribution in [-0.4, -0.2) is 20.3 Å². The molecule has 0 aliphatic carbocycles. The minimum Gasteiger partial charge on any atom is -0.470 e. The lowest BCUT2D eigenvalue weighted by Gasteiger charge is -2.32. The molecule has 0 spiro atoms. The van der Waals surface area contributed by atoms with Gasteiger partial charge in [-0.25, -0.2) is 0 Å². The van der Waals surface area contributed by atoms with E-state index < -0.39 is 0 Å². The van der Waals surface area contributed by atoms with Crippen molar-refractivity contribution in [3.63, 3.8) is 0 Å². The molecule has 1 aromatic heterocycles. The molecule has 1 aliphatic rings. The zero-order chi connectivity index (χ0) is 10.2. The molecule has 0 radical (unpaired) electrons. The van der Waals surface area contributed by atoms with Crippen LogP contribution in [0.25, 0.3) is 0 Å². The number of aryl methyl sites for hydroxylation is 1. The van der Waals surface area contributed by atoms with Crippen LogP contribution in [0.1, 0.15) is 19.6 Å². The van der Waals surface area contributed by atoms with Crippen molar-refractivity contribution in [2.45, 2.75) is 20.8 Å². The fourth-order valence-corrected chi connectivity index (χ4v) is 1.44. The molecule has 14 heavy (non-hydrogen) atoms. The average molecular weight is 194 g/mol. The summed E-state index contributed by atoms with van der Waals surface area (Å²) in [5, 5.41) is 0. The van der Waals surface area contributed by atoms with E-state index in [1.54, 1.807) is 0 Å². The highest BCUT2D eigenvalue weighted by Crippen LogP contribution is 2.21. The number of hydrogen-bond donors (Lipinski definition) is 0. The molecule has 76 valence electrons. The lowest BCUT2D eigenvalue weighted by Crippen LogP contribution is -2.46. The predicted octanol–water partition coefficient (Wildman–Crippen LogP) is 1.36. The number of rotatable bonds is 1. The maximum absolute atomic E-state index is 5.58. The van der Waals surface area contributed by atoms with Crippen LogP contribution in [-0.2, 0) is 9.31 Å². The van der Waals surface area contributed by atoms with Crippen LogP contribution in [0, 0.1) is 12.3 Å². The van der Waals surface area contributed by atoms with Gasteiger partial charge in [0.15, 0.2) is 0 Å². The Balaban J connectivity index is 2.02. The summed E-state index contributed by atoms with van der Waals surface area (Å²) in [6.45, 7) is 7.57. The van der Waals surface area contributed by atoms with Gasteiger partial charge in [0, 0.05) is 18.6 Å². The van der Waals surface area contributed by atoms with Crippen molar-refractivity contribution in [3.8, 4) is 0 Å². The summed E-state index contributed by atoms with van der Waals surface area (Å²) in [4.78, 5) is 0. The van der Waals surface area contributed by atoms with E-state index in [0.717, 1.165) is 11.4 Å². The molecule has 1 fully saturated rings. The summed E-state index contributed by atoms with van der Waals surface area (Å²) in [6.07, 6.45) is 0. The van der Waals surface area contributed by atoms with Crippen LogP contribution in [0.15, 0.2) is 16.5 Å². The van der Waals surface area contributed by atoms with Crippen LogP contribution in [0.3, 0.4) is 0 Å². The minimum atomic E-state index is -0.322. The Kier molecular flexibility index (Phi) is 2.41. The summed E-state index contributed by atoms with van der Waals surface area (Å²) in [7, 11) is -0.322. The fourth-order valence-electron chi connectivity index (χ4n) is 1.44. The molecule has 0 amide bonds. The first-order chi connectivity index (χ1) is 6.57. The molecule has 0 atom stereocenters. The Morgan fingerprint density at radius 3 is 2.36 bits per heavy atom. The first kappa shape index (κ1) is 9.81. The van der Waals surface area contributed by atoms with Crippen LogP contribution < -0.4 is 5.66 Å². The Morgan fingerprint density at radius 2 is 1.86 bits per heavy atom. The highest BCUT2D eigenvalue weighted by Gasteiger charge is 2.35. The lowest BCUT2D eigenvalue weighted by atomic mass is 9.81. The quantitative estimate of drug-likeness (QED) is 0.632. The highest BCUT2D eigenvalue weighted by molar-refractivity contribution is 6.59. The van der Waals surface area contributed by atoms with Gasteiger partial charge in [0.25, 0.3) is 0 Å². The fraction of sp³-hybridized carbons (Fsp3) is 0.600. The van der Waals surface area contributed by atoms with Gasteiger partial charge in [-0.05, 0) is 19.1 Å². The molecule has 1 aromatic rings.